The van der Waals surface area contributed by atoms with Crippen LogP contribution in [0.15, 0.2) is 22.7 Å². The smallest absolute Gasteiger partial charge is 0.170 e. The fraction of sp³-hybridized carbons (Fsp3) is 0.417. The fourth-order valence-electron chi connectivity index (χ4n) is 1.70. The first-order valence-corrected chi connectivity index (χ1v) is 5.02. The average molecular weight is 205 g/mol. The first-order chi connectivity index (χ1) is 7.06. The number of nitrogens with zero attached hydrogens (tertiary/aromatic N) is 1. The van der Waals surface area contributed by atoms with Crippen molar-refractivity contribution in [3.8, 4) is 0 Å². The molecule has 1 aromatic heterocycles. The highest BCUT2D eigenvalue weighted by Gasteiger charge is 2.24. The molecule has 0 aliphatic heterocycles. The number of aliphatic hydroxyl groups is 1. The number of hydrogen-bond acceptors (Lipinski definition) is 3. The molecule has 2 rings (SSSR count). The Balaban J connectivity index is 2.71. The van der Waals surface area contributed by atoms with E-state index in [9.17, 15) is 5.11 Å². The molecule has 0 saturated carbocycles. The molecule has 0 amide bonds. The van der Waals surface area contributed by atoms with Gasteiger partial charge >= 0.3 is 0 Å². The summed E-state index contributed by atoms with van der Waals surface area (Å²) in [4.78, 5) is 0. The number of aromatic nitrogens is 1. The Morgan fingerprint density at radius 1 is 1.40 bits per heavy atom. The van der Waals surface area contributed by atoms with Crippen LogP contribution in [-0.2, 0) is 5.41 Å². The highest BCUT2D eigenvalue weighted by molar-refractivity contribution is 5.83. The van der Waals surface area contributed by atoms with Crippen LogP contribution in [-0.4, -0.2) is 16.9 Å². The van der Waals surface area contributed by atoms with Crippen molar-refractivity contribution in [3.63, 3.8) is 0 Å². The topological polar surface area (TPSA) is 46.3 Å². The summed E-state index contributed by atoms with van der Waals surface area (Å²) in [6.07, 6.45) is 0. The van der Waals surface area contributed by atoms with E-state index in [1.54, 1.807) is 0 Å². The number of aliphatic hydroxyl groups excluding tert-OH is 1. The lowest BCUT2D eigenvalue weighted by Crippen LogP contribution is -2.22. The number of fused-ring (bicyclic) bond motifs is 1. The molecule has 0 spiro atoms. The molecule has 1 aromatic carbocycles. The molecule has 1 heterocycles. The molecule has 0 aliphatic carbocycles. The summed E-state index contributed by atoms with van der Waals surface area (Å²) in [5, 5.41) is 14.3. The molecule has 80 valence electrons. The molecule has 0 bridgehead atoms. The van der Waals surface area contributed by atoms with Crippen LogP contribution < -0.4 is 0 Å². The van der Waals surface area contributed by atoms with Crippen LogP contribution in [0.1, 0.15) is 25.1 Å². The van der Waals surface area contributed by atoms with Gasteiger partial charge in [0.1, 0.15) is 0 Å². The zero-order chi connectivity index (χ0) is 11.1. The minimum absolute atomic E-state index is 0.0891. The van der Waals surface area contributed by atoms with Crippen LogP contribution in [0.25, 0.3) is 11.0 Å². The van der Waals surface area contributed by atoms with Crippen LogP contribution in [0.4, 0.5) is 0 Å². The van der Waals surface area contributed by atoms with Crippen molar-refractivity contribution in [2.75, 3.05) is 6.61 Å². The highest BCUT2D eigenvalue weighted by atomic mass is 16.5. The van der Waals surface area contributed by atoms with Gasteiger partial charge in [0, 0.05) is 16.4 Å². The fourth-order valence-corrected chi connectivity index (χ4v) is 1.70. The molecule has 0 aliphatic rings. The molecule has 1 N–H and O–H groups in total. The quantitative estimate of drug-likeness (QED) is 0.818. The number of benzene rings is 1. The summed E-state index contributed by atoms with van der Waals surface area (Å²) in [6.45, 7) is 5.98. The van der Waals surface area contributed by atoms with Crippen molar-refractivity contribution in [1.29, 1.82) is 0 Å². The van der Waals surface area contributed by atoms with E-state index in [2.05, 4.69) is 5.16 Å². The molecule has 3 nitrogen and oxygen atoms in total. The average Bonchev–Trinajstić information content (AvgIpc) is 2.60. The van der Waals surface area contributed by atoms with Crippen molar-refractivity contribution in [3.05, 3.63) is 29.5 Å². The minimum atomic E-state index is -0.300. The second-order valence-corrected chi connectivity index (χ2v) is 4.49. The maximum Gasteiger partial charge on any atom is 0.170 e. The summed E-state index contributed by atoms with van der Waals surface area (Å²) in [5.74, 6) is 0. The standard InChI is InChI=1S/C12H15NO2/c1-8-9-5-4-6-10(11(9)15-13-8)12(2,3)7-14/h4-6,14H,7H2,1-3H3. The molecule has 0 fully saturated rings. The van der Waals surface area contributed by atoms with E-state index in [1.807, 2.05) is 39.0 Å². The zero-order valence-corrected chi connectivity index (χ0v) is 9.24. The molecule has 3 heteroatoms. The lowest BCUT2D eigenvalue weighted by Gasteiger charge is -2.21. The Bertz CT molecular complexity index is 485. The number of para-hydroxylation sites is 1. The predicted molar refractivity (Wildman–Crippen MR) is 58.9 cm³/mol. The zero-order valence-electron chi connectivity index (χ0n) is 9.24. The Morgan fingerprint density at radius 3 is 2.80 bits per heavy atom. The highest BCUT2D eigenvalue weighted by Crippen LogP contribution is 2.31. The second-order valence-electron chi connectivity index (χ2n) is 4.49. The van der Waals surface area contributed by atoms with Crippen molar-refractivity contribution in [2.45, 2.75) is 26.2 Å². The summed E-state index contributed by atoms with van der Waals surface area (Å²) in [7, 11) is 0. The van der Waals surface area contributed by atoms with Gasteiger partial charge in [-0.25, -0.2) is 0 Å². The molecular formula is C12H15NO2. The van der Waals surface area contributed by atoms with E-state index < -0.39 is 0 Å². The first kappa shape index (κ1) is 10.2. The van der Waals surface area contributed by atoms with Crippen LogP contribution in [0.5, 0.6) is 0 Å². The number of rotatable bonds is 2. The van der Waals surface area contributed by atoms with Crippen molar-refractivity contribution >= 4 is 11.0 Å². The van der Waals surface area contributed by atoms with Gasteiger partial charge in [-0.15, -0.1) is 0 Å². The third-order valence-electron chi connectivity index (χ3n) is 2.80. The minimum Gasteiger partial charge on any atom is -0.395 e. The van der Waals surface area contributed by atoms with Crippen molar-refractivity contribution < 1.29 is 9.63 Å². The normalized spacial score (nSPS) is 12.3. The third kappa shape index (κ3) is 1.53. The molecular weight excluding hydrogens is 190 g/mol. The monoisotopic (exact) mass is 205 g/mol. The van der Waals surface area contributed by atoms with E-state index in [0.717, 1.165) is 22.2 Å². The lowest BCUT2D eigenvalue weighted by molar-refractivity contribution is 0.218. The van der Waals surface area contributed by atoms with E-state index >= 15 is 0 Å². The summed E-state index contributed by atoms with van der Waals surface area (Å²) in [6, 6.07) is 5.93. The summed E-state index contributed by atoms with van der Waals surface area (Å²) in [5.41, 5.74) is 2.38. The van der Waals surface area contributed by atoms with E-state index in [0.29, 0.717) is 0 Å². The van der Waals surface area contributed by atoms with Crippen LogP contribution >= 0.6 is 0 Å². The van der Waals surface area contributed by atoms with Crippen molar-refractivity contribution in [1.82, 2.24) is 5.16 Å². The van der Waals surface area contributed by atoms with E-state index in [-0.39, 0.29) is 12.0 Å². The van der Waals surface area contributed by atoms with Gasteiger partial charge in [0.15, 0.2) is 5.58 Å². The van der Waals surface area contributed by atoms with Gasteiger partial charge in [0.2, 0.25) is 0 Å². The van der Waals surface area contributed by atoms with E-state index in [4.69, 9.17) is 4.52 Å². The molecule has 2 aromatic rings. The maximum atomic E-state index is 9.35. The van der Waals surface area contributed by atoms with Gasteiger partial charge in [-0.1, -0.05) is 31.1 Å². The largest absolute Gasteiger partial charge is 0.395 e. The van der Waals surface area contributed by atoms with Gasteiger partial charge in [-0.3, -0.25) is 0 Å². The lowest BCUT2D eigenvalue weighted by atomic mass is 9.84. The van der Waals surface area contributed by atoms with E-state index in [1.165, 1.54) is 0 Å². The molecule has 0 unspecified atom stereocenters. The first-order valence-electron chi connectivity index (χ1n) is 5.02. The summed E-state index contributed by atoms with van der Waals surface area (Å²) >= 11 is 0. The predicted octanol–water partition coefficient (Wildman–Crippen LogP) is 2.41. The van der Waals surface area contributed by atoms with Crippen LogP contribution in [0.3, 0.4) is 0 Å². The molecule has 15 heavy (non-hydrogen) atoms. The molecule has 0 saturated heterocycles. The van der Waals surface area contributed by atoms with Gasteiger partial charge in [0.25, 0.3) is 0 Å². The maximum absolute atomic E-state index is 9.35. The van der Waals surface area contributed by atoms with Gasteiger partial charge < -0.3 is 9.63 Å². The molecule has 0 radical (unpaired) electrons. The second kappa shape index (κ2) is 3.35. The van der Waals surface area contributed by atoms with Gasteiger partial charge in [-0.05, 0) is 13.0 Å². The summed E-state index contributed by atoms with van der Waals surface area (Å²) < 4.78 is 5.31. The van der Waals surface area contributed by atoms with Crippen LogP contribution in [0.2, 0.25) is 0 Å². The Morgan fingerprint density at radius 2 is 2.13 bits per heavy atom. The Hall–Kier alpha value is -1.35. The third-order valence-corrected chi connectivity index (χ3v) is 2.80. The number of hydrogen-bond donors (Lipinski definition) is 1. The van der Waals surface area contributed by atoms with Gasteiger partial charge in [0.05, 0.1) is 12.3 Å². The number of aryl methyl sites for hydroxylation is 1. The van der Waals surface area contributed by atoms with Crippen molar-refractivity contribution in [2.24, 2.45) is 0 Å². The van der Waals surface area contributed by atoms with Crippen LogP contribution in [0, 0.1) is 6.92 Å². The van der Waals surface area contributed by atoms with Gasteiger partial charge in [-0.2, -0.15) is 0 Å². The Kier molecular flexibility index (Phi) is 2.27. The Labute approximate surface area is 88.7 Å². The molecule has 0 atom stereocenters. The SMILES string of the molecule is Cc1noc2c(C(C)(C)CO)cccc12.